The molecule has 0 saturated carbocycles. The third kappa shape index (κ3) is 5.06. The number of nitrogens with one attached hydrogen (secondary N) is 1. The first-order chi connectivity index (χ1) is 13.6. The fourth-order valence-electron chi connectivity index (χ4n) is 3.33. The first kappa shape index (κ1) is 21.9. The van der Waals surface area contributed by atoms with Gasteiger partial charge in [0.05, 0.1) is 16.9 Å². The number of carbonyl (C=O) groups is 1. The molecule has 1 fully saturated rings. The van der Waals surface area contributed by atoms with Crippen molar-refractivity contribution in [1.82, 2.24) is 9.62 Å². The number of carbonyl (C=O) groups excluding carboxylic acids is 1. The molecule has 1 aromatic carbocycles. The maximum absolute atomic E-state index is 12.7. The van der Waals surface area contributed by atoms with Crippen molar-refractivity contribution in [3.8, 4) is 0 Å². The number of sulfonamides is 1. The van der Waals surface area contributed by atoms with Crippen LogP contribution >= 0.6 is 11.3 Å². The van der Waals surface area contributed by atoms with E-state index < -0.39 is 25.8 Å². The predicted octanol–water partition coefficient (Wildman–Crippen LogP) is 2.43. The van der Waals surface area contributed by atoms with Gasteiger partial charge in [-0.15, -0.1) is 11.3 Å². The standard InChI is InChI=1S/C19H24N2O5S3/c1-14(15-7-9-17(10-8-15)28(2,23)24)20-19(22)16-5-3-11-21(13-16)29(25,26)18-6-4-12-27-18/h4,6-10,12,14,16H,3,5,11,13H2,1-2H3,(H,20,22)/t14-,16-/m0/s1. The van der Waals surface area contributed by atoms with Crippen LogP contribution in [-0.2, 0) is 24.7 Å². The van der Waals surface area contributed by atoms with E-state index in [9.17, 15) is 21.6 Å². The zero-order chi connectivity index (χ0) is 21.2. The van der Waals surface area contributed by atoms with Crippen LogP contribution in [-0.4, -0.2) is 46.4 Å². The van der Waals surface area contributed by atoms with Crippen LogP contribution in [0.1, 0.15) is 31.4 Å². The van der Waals surface area contributed by atoms with Crippen LogP contribution in [0.5, 0.6) is 0 Å². The number of rotatable bonds is 6. The first-order valence-electron chi connectivity index (χ1n) is 9.23. The number of amides is 1. The predicted molar refractivity (Wildman–Crippen MR) is 112 cm³/mol. The summed E-state index contributed by atoms with van der Waals surface area (Å²) in [5.41, 5.74) is 0.782. The molecule has 0 bridgehead atoms. The van der Waals surface area contributed by atoms with Crippen LogP contribution < -0.4 is 5.32 Å². The third-order valence-electron chi connectivity index (χ3n) is 5.01. The number of hydrogen-bond donors (Lipinski definition) is 1. The molecule has 10 heteroatoms. The molecule has 1 aliphatic rings. The summed E-state index contributed by atoms with van der Waals surface area (Å²) in [5.74, 6) is -0.619. The van der Waals surface area contributed by atoms with E-state index >= 15 is 0 Å². The Balaban J connectivity index is 1.66. The van der Waals surface area contributed by atoms with Crippen molar-refractivity contribution in [3.63, 3.8) is 0 Å². The Hall–Kier alpha value is -1.75. The smallest absolute Gasteiger partial charge is 0.252 e. The first-order valence-corrected chi connectivity index (χ1v) is 13.4. The molecule has 0 aliphatic carbocycles. The summed E-state index contributed by atoms with van der Waals surface area (Å²) < 4.78 is 50.3. The van der Waals surface area contributed by atoms with Gasteiger partial charge in [0.25, 0.3) is 10.0 Å². The summed E-state index contributed by atoms with van der Waals surface area (Å²) in [7, 11) is -6.84. The average molecular weight is 457 g/mol. The van der Waals surface area contributed by atoms with Gasteiger partial charge >= 0.3 is 0 Å². The lowest BCUT2D eigenvalue weighted by Gasteiger charge is -2.31. The summed E-state index contributed by atoms with van der Waals surface area (Å²) in [4.78, 5) is 13.0. The molecule has 158 valence electrons. The Morgan fingerprint density at radius 2 is 1.86 bits per heavy atom. The molecule has 29 heavy (non-hydrogen) atoms. The van der Waals surface area contributed by atoms with Crippen molar-refractivity contribution >= 4 is 37.1 Å². The Morgan fingerprint density at radius 1 is 1.17 bits per heavy atom. The van der Waals surface area contributed by atoms with Crippen molar-refractivity contribution in [2.45, 2.75) is 34.9 Å². The lowest BCUT2D eigenvalue weighted by molar-refractivity contribution is -0.126. The van der Waals surface area contributed by atoms with Crippen molar-refractivity contribution in [2.75, 3.05) is 19.3 Å². The van der Waals surface area contributed by atoms with E-state index in [1.54, 1.807) is 29.6 Å². The molecule has 1 N–H and O–H groups in total. The van der Waals surface area contributed by atoms with Gasteiger partial charge in [0.15, 0.2) is 9.84 Å². The quantitative estimate of drug-likeness (QED) is 0.720. The Bertz CT molecular complexity index is 1060. The Labute approximate surface area is 175 Å². The van der Waals surface area contributed by atoms with Gasteiger partial charge in [-0.25, -0.2) is 16.8 Å². The lowest BCUT2D eigenvalue weighted by atomic mass is 9.98. The minimum atomic E-state index is -3.57. The van der Waals surface area contributed by atoms with Gasteiger partial charge in [-0.3, -0.25) is 4.79 Å². The van der Waals surface area contributed by atoms with Crippen LogP contribution in [0.3, 0.4) is 0 Å². The Kier molecular flexibility index (Phi) is 6.47. The van der Waals surface area contributed by atoms with Crippen LogP contribution in [0.2, 0.25) is 0 Å². The van der Waals surface area contributed by atoms with Gasteiger partial charge in [0, 0.05) is 19.3 Å². The van der Waals surface area contributed by atoms with Gasteiger partial charge in [-0.1, -0.05) is 18.2 Å². The maximum Gasteiger partial charge on any atom is 0.252 e. The van der Waals surface area contributed by atoms with Gasteiger partial charge < -0.3 is 5.32 Å². The van der Waals surface area contributed by atoms with Gasteiger partial charge in [-0.2, -0.15) is 4.31 Å². The second kappa shape index (κ2) is 8.55. The van der Waals surface area contributed by atoms with E-state index in [1.807, 2.05) is 6.92 Å². The summed E-state index contributed by atoms with van der Waals surface area (Å²) in [6.45, 7) is 2.38. The molecule has 1 aromatic heterocycles. The highest BCUT2D eigenvalue weighted by atomic mass is 32.2. The molecule has 0 unspecified atom stereocenters. The number of thiophene rings is 1. The molecular weight excluding hydrogens is 432 g/mol. The highest BCUT2D eigenvalue weighted by Gasteiger charge is 2.34. The second-order valence-corrected chi connectivity index (χ2v) is 12.3. The molecule has 0 spiro atoms. The lowest BCUT2D eigenvalue weighted by Crippen LogP contribution is -2.45. The fraction of sp³-hybridized carbons (Fsp3) is 0.421. The topological polar surface area (TPSA) is 101 Å². The van der Waals surface area contributed by atoms with E-state index in [0.717, 1.165) is 11.8 Å². The fourth-order valence-corrected chi connectivity index (χ4v) is 6.63. The molecule has 2 atom stereocenters. The monoisotopic (exact) mass is 456 g/mol. The van der Waals surface area contributed by atoms with E-state index in [-0.39, 0.29) is 27.6 Å². The molecule has 2 heterocycles. The van der Waals surface area contributed by atoms with Crippen molar-refractivity contribution in [3.05, 3.63) is 47.3 Å². The number of nitrogens with zero attached hydrogens (tertiary/aromatic N) is 1. The highest BCUT2D eigenvalue weighted by Crippen LogP contribution is 2.27. The van der Waals surface area contributed by atoms with Crippen molar-refractivity contribution < 1.29 is 21.6 Å². The van der Waals surface area contributed by atoms with E-state index in [1.165, 1.54) is 27.8 Å². The minimum Gasteiger partial charge on any atom is -0.349 e. The molecule has 3 rings (SSSR count). The molecule has 1 amide bonds. The van der Waals surface area contributed by atoms with E-state index in [4.69, 9.17) is 0 Å². The normalized spacial score (nSPS) is 19.6. The van der Waals surface area contributed by atoms with E-state index in [2.05, 4.69) is 5.32 Å². The summed E-state index contributed by atoms with van der Waals surface area (Å²) in [6, 6.07) is 9.34. The molecular formula is C19H24N2O5S3. The minimum absolute atomic E-state index is 0.159. The van der Waals surface area contributed by atoms with Crippen molar-refractivity contribution in [1.29, 1.82) is 0 Å². The third-order valence-corrected chi connectivity index (χ3v) is 9.38. The number of benzene rings is 1. The SMILES string of the molecule is C[C@H](NC(=O)[C@H]1CCCN(S(=O)(=O)c2cccs2)C1)c1ccc(S(C)(=O)=O)cc1. The molecule has 2 aromatic rings. The molecule has 1 saturated heterocycles. The summed E-state index contributed by atoms with van der Waals surface area (Å²) in [5, 5.41) is 4.64. The van der Waals surface area contributed by atoms with Gasteiger partial charge in [-0.05, 0) is 48.9 Å². The van der Waals surface area contributed by atoms with Gasteiger partial charge in [0.2, 0.25) is 5.91 Å². The van der Waals surface area contributed by atoms with Crippen LogP contribution in [0.4, 0.5) is 0 Å². The maximum atomic E-state index is 12.7. The van der Waals surface area contributed by atoms with Crippen LogP contribution in [0, 0.1) is 5.92 Å². The molecule has 0 radical (unpaired) electrons. The second-order valence-electron chi connectivity index (χ2n) is 7.21. The molecule has 1 aliphatic heterocycles. The number of piperidine rings is 1. The number of hydrogen-bond acceptors (Lipinski definition) is 6. The molecule has 7 nitrogen and oxygen atoms in total. The van der Waals surface area contributed by atoms with Crippen LogP contribution in [0.15, 0.2) is 50.9 Å². The Morgan fingerprint density at radius 3 is 2.45 bits per heavy atom. The summed E-state index contributed by atoms with van der Waals surface area (Å²) in [6.07, 6.45) is 2.40. The van der Waals surface area contributed by atoms with Crippen LogP contribution in [0.25, 0.3) is 0 Å². The highest BCUT2D eigenvalue weighted by molar-refractivity contribution is 7.91. The van der Waals surface area contributed by atoms with E-state index in [0.29, 0.717) is 19.4 Å². The van der Waals surface area contributed by atoms with Gasteiger partial charge in [0.1, 0.15) is 4.21 Å². The summed E-state index contributed by atoms with van der Waals surface area (Å²) >= 11 is 1.17. The zero-order valence-corrected chi connectivity index (χ0v) is 18.7. The number of sulfone groups is 1. The largest absolute Gasteiger partial charge is 0.349 e. The van der Waals surface area contributed by atoms with Crippen molar-refractivity contribution in [2.24, 2.45) is 5.92 Å². The average Bonchev–Trinajstić information content (AvgIpc) is 3.23. The zero-order valence-electron chi connectivity index (χ0n) is 16.2.